The van der Waals surface area contributed by atoms with Gasteiger partial charge in [-0.25, -0.2) is 13.4 Å². The van der Waals surface area contributed by atoms with Crippen LogP contribution < -0.4 is 4.90 Å². The molecule has 0 aliphatic carbocycles. The van der Waals surface area contributed by atoms with Gasteiger partial charge in [0.1, 0.15) is 0 Å². The maximum atomic E-state index is 13.7. The Labute approximate surface area is 195 Å². The van der Waals surface area contributed by atoms with E-state index in [1.54, 1.807) is 55.3 Å². The molecule has 0 aliphatic heterocycles. The number of aromatic nitrogens is 2. The van der Waals surface area contributed by atoms with E-state index in [0.29, 0.717) is 5.13 Å². The first-order chi connectivity index (χ1) is 15.4. The highest BCUT2D eigenvalue weighted by atomic mass is 32.2. The highest BCUT2D eigenvalue weighted by Gasteiger charge is 2.27. The quantitative estimate of drug-likeness (QED) is 0.342. The van der Waals surface area contributed by atoms with Crippen molar-refractivity contribution in [2.75, 3.05) is 16.9 Å². The minimum absolute atomic E-state index is 0.0365. The van der Waals surface area contributed by atoms with Crippen LogP contribution in [0.1, 0.15) is 22.8 Å². The van der Waals surface area contributed by atoms with Crippen LogP contribution in [0.3, 0.4) is 0 Å². The first-order valence-electron chi connectivity index (χ1n) is 9.90. The molecule has 0 atom stereocenters. The normalized spacial score (nSPS) is 11.6. The van der Waals surface area contributed by atoms with Gasteiger partial charge in [-0.3, -0.25) is 14.7 Å². The number of carbonyl (C=O) groups excluding carboxylic acids is 1. The van der Waals surface area contributed by atoms with E-state index in [1.807, 2.05) is 30.5 Å². The summed E-state index contributed by atoms with van der Waals surface area (Å²) >= 11 is 3.04. The summed E-state index contributed by atoms with van der Waals surface area (Å²) < 4.78 is 26.3. The largest absolute Gasteiger partial charge is 0.279 e. The number of carbonyl (C=O) groups is 1. The lowest BCUT2D eigenvalue weighted by molar-refractivity contribution is 0.0982. The maximum absolute atomic E-state index is 13.7. The van der Waals surface area contributed by atoms with Gasteiger partial charge in [0.15, 0.2) is 15.0 Å². The van der Waals surface area contributed by atoms with Crippen molar-refractivity contribution in [1.82, 2.24) is 9.97 Å². The molecular weight excluding hydrogens is 462 g/mol. The third kappa shape index (κ3) is 4.55. The predicted octanol–water partition coefficient (Wildman–Crippen LogP) is 5.05. The van der Waals surface area contributed by atoms with Crippen LogP contribution in [-0.4, -0.2) is 36.3 Å². The van der Waals surface area contributed by atoms with Gasteiger partial charge in [-0.15, -0.1) is 11.8 Å². The molecule has 9 heteroatoms. The molecule has 0 N–H and O–H groups in total. The molecule has 2 aromatic heterocycles. The fourth-order valence-electron chi connectivity index (χ4n) is 3.25. The summed E-state index contributed by atoms with van der Waals surface area (Å²) in [5.74, 6) is -0.496. The van der Waals surface area contributed by atoms with Gasteiger partial charge in [0.25, 0.3) is 5.91 Å². The molecule has 0 saturated heterocycles. The Morgan fingerprint density at radius 1 is 1.12 bits per heavy atom. The smallest absolute Gasteiger partial charge is 0.261 e. The Morgan fingerprint density at radius 2 is 1.94 bits per heavy atom. The third-order valence-corrected chi connectivity index (χ3v) is 8.51. The lowest BCUT2D eigenvalue weighted by atomic mass is 10.2. The zero-order valence-corrected chi connectivity index (χ0v) is 20.0. The van der Waals surface area contributed by atoms with E-state index in [1.165, 1.54) is 22.3 Å². The van der Waals surface area contributed by atoms with Crippen LogP contribution in [0.4, 0.5) is 5.13 Å². The number of thiazole rings is 1. The van der Waals surface area contributed by atoms with Crippen LogP contribution >= 0.6 is 23.1 Å². The molecule has 4 aromatic rings. The van der Waals surface area contributed by atoms with Gasteiger partial charge in [0, 0.05) is 17.3 Å². The molecule has 0 bridgehead atoms. The number of hydrogen-bond acceptors (Lipinski definition) is 7. The van der Waals surface area contributed by atoms with Crippen LogP contribution in [0.2, 0.25) is 0 Å². The average molecular weight is 484 g/mol. The minimum atomic E-state index is -3.58. The topological polar surface area (TPSA) is 80.2 Å². The molecule has 0 fully saturated rings. The van der Waals surface area contributed by atoms with Crippen molar-refractivity contribution < 1.29 is 13.2 Å². The average Bonchev–Trinajstić information content (AvgIpc) is 3.25. The second-order valence-corrected chi connectivity index (χ2v) is 11.1. The maximum Gasteiger partial charge on any atom is 0.261 e. The van der Waals surface area contributed by atoms with Crippen molar-refractivity contribution in [3.8, 4) is 0 Å². The van der Waals surface area contributed by atoms with E-state index in [-0.39, 0.29) is 22.8 Å². The van der Waals surface area contributed by atoms with Crippen molar-refractivity contribution in [2.45, 2.75) is 23.3 Å². The summed E-state index contributed by atoms with van der Waals surface area (Å²) in [5, 5.41) is 0.510. The van der Waals surface area contributed by atoms with Crippen LogP contribution in [0.5, 0.6) is 0 Å². The highest BCUT2D eigenvalue weighted by molar-refractivity contribution is 7.98. The van der Waals surface area contributed by atoms with Gasteiger partial charge < -0.3 is 0 Å². The van der Waals surface area contributed by atoms with E-state index in [4.69, 9.17) is 0 Å². The van der Waals surface area contributed by atoms with Crippen LogP contribution in [0.15, 0.2) is 76.8 Å². The predicted molar refractivity (Wildman–Crippen MR) is 130 cm³/mol. The van der Waals surface area contributed by atoms with E-state index in [0.717, 1.165) is 20.7 Å². The number of thioether (sulfide) groups is 1. The minimum Gasteiger partial charge on any atom is -0.279 e. The van der Waals surface area contributed by atoms with Crippen molar-refractivity contribution in [3.63, 3.8) is 0 Å². The first kappa shape index (κ1) is 22.4. The summed E-state index contributed by atoms with van der Waals surface area (Å²) in [5.41, 5.74) is 1.75. The van der Waals surface area contributed by atoms with Gasteiger partial charge in [0.05, 0.1) is 33.0 Å². The number of pyridine rings is 1. The van der Waals surface area contributed by atoms with E-state index < -0.39 is 15.7 Å². The van der Waals surface area contributed by atoms with Gasteiger partial charge >= 0.3 is 0 Å². The van der Waals surface area contributed by atoms with E-state index in [9.17, 15) is 13.2 Å². The van der Waals surface area contributed by atoms with Crippen molar-refractivity contribution in [3.05, 3.63) is 78.1 Å². The molecule has 6 nitrogen and oxygen atoms in total. The van der Waals surface area contributed by atoms with Gasteiger partial charge in [-0.2, -0.15) is 0 Å². The molecule has 164 valence electrons. The Bertz CT molecular complexity index is 1370. The molecule has 0 radical (unpaired) electrons. The van der Waals surface area contributed by atoms with Gasteiger partial charge in [0.2, 0.25) is 0 Å². The number of fused-ring (bicyclic) bond motifs is 1. The number of amides is 1. The molecule has 0 aliphatic rings. The molecule has 1 amide bonds. The van der Waals surface area contributed by atoms with E-state index >= 15 is 0 Å². The van der Waals surface area contributed by atoms with E-state index in [2.05, 4.69) is 9.97 Å². The van der Waals surface area contributed by atoms with Crippen molar-refractivity contribution in [1.29, 1.82) is 0 Å². The number of sulfone groups is 1. The Kier molecular flexibility index (Phi) is 6.59. The summed E-state index contributed by atoms with van der Waals surface area (Å²) in [6.45, 7) is 1.79. The van der Waals surface area contributed by atoms with Gasteiger partial charge in [-0.1, -0.05) is 36.5 Å². The Balaban J connectivity index is 1.83. The second kappa shape index (κ2) is 9.40. The molecular formula is C23H21N3O3S3. The molecule has 32 heavy (non-hydrogen) atoms. The SMILES string of the molecule is CCS(=O)(=O)c1ccccc1C(=O)N(Cc1cccnc1)c1nc2ccc(SC)cc2s1. The van der Waals surface area contributed by atoms with Crippen molar-refractivity contribution in [2.24, 2.45) is 0 Å². The number of anilines is 1. The monoisotopic (exact) mass is 483 g/mol. The molecule has 2 heterocycles. The first-order valence-corrected chi connectivity index (χ1v) is 13.6. The van der Waals surface area contributed by atoms with Crippen LogP contribution in [-0.2, 0) is 16.4 Å². The number of hydrogen-bond donors (Lipinski definition) is 0. The fraction of sp³-hybridized carbons (Fsp3) is 0.174. The lowest BCUT2D eigenvalue weighted by Gasteiger charge is -2.21. The summed E-state index contributed by atoms with van der Waals surface area (Å²) in [4.78, 5) is 25.2. The summed E-state index contributed by atoms with van der Waals surface area (Å²) in [6.07, 6.45) is 5.36. The van der Waals surface area contributed by atoms with Crippen LogP contribution in [0, 0.1) is 0 Å². The summed E-state index contributed by atoms with van der Waals surface area (Å²) in [7, 11) is -3.58. The third-order valence-electron chi connectivity index (χ3n) is 4.96. The molecule has 0 spiro atoms. The molecule has 0 unspecified atom stereocenters. The second-order valence-electron chi connectivity index (χ2n) is 6.98. The van der Waals surface area contributed by atoms with Crippen molar-refractivity contribution >= 4 is 54.2 Å². The zero-order chi connectivity index (χ0) is 22.7. The standard InChI is InChI=1S/C23H21N3O3S3/c1-3-32(28,29)21-9-5-4-8-18(21)22(27)26(15-16-7-6-12-24-14-16)23-25-19-11-10-17(30-2)13-20(19)31-23/h4-14H,3,15H2,1-2H3. The lowest BCUT2D eigenvalue weighted by Crippen LogP contribution is -2.31. The highest BCUT2D eigenvalue weighted by Crippen LogP contribution is 2.33. The summed E-state index contributed by atoms with van der Waals surface area (Å²) in [6, 6.07) is 16.0. The number of rotatable bonds is 7. The number of benzene rings is 2. The Hall–Kier alpha value is -2.75. The molecule has 2 aromatic carbocycles. The Morgan fingerprint density at radius 3 is 2.66 bits per heavy atom. The molecule has 4 rings (SSSR count). The zero-order valence-electron chi connectivity index (χ0n) is 17.6. The fourth-order valence-corrected chi connectivity index (χ4v) is 5.86. The number of nitrogens with zero attached hydrogens (tertiary/aromatic N) is 3. The van der Waals surface area contributed by atoms with Crippen LogP contribution in [0.25, 0.3) is 10.2 Å². The van der Waals surface area contributed by atoms with Gasteiger partial charge in [-0.05, 0) is 48.2 Å². The molecule has 0 saturated carbocycles.